The molecular weight excluding hydrogens is 535 g/mol. The van der Waals surface area contributed by atoms with Crippen molar-refractivity contribution in [3.63, 3.8) is 0 Å². The van der Waals surface area contributed by atoms with E-state index in [4.69, 9.17) is 21.0 Å². The van der Waals surface area contributed by atoms with Crippen LogP contribution in [0, 0.1) is 0 Å². The van der Waals surface area contributed by atoms with Crippen LogP contribution in [-0.2, 0) is 25.6 Å². The van der Waals surface area contributed by atoms with Crippen molar-refractivity contribution in [1.29, 1.82) is 0 Å². The van der Waals surface area contributed by atoms with Crippen LogP contribution in [0.1, 0.15) is 40.9 Å². The molecule has 0 spiro atoms. The lowest BCUT2D eigenvalue weighted by Gasteiger charge is -2.28. The molecule has 208 valence electrons. The first-order valence-corrected chi connectivity index (χ1v) is 12.6. The number of hydrogen-bond donors (Lipinski definition) is 7. The molecule has 0 saturated heterocycles. The van der Waals surface area contributed by atoms with Crippen molar-refractivity contribution in [1.82, 2.24) is 15.6 Å². The van der Waals surface area contributed by atoms with Crippen LogP contribution >= 0.6 is 11.3 Å². The second-order valence-electron chi connectivity index (χ2n) is 8.42. The van der Waals surface area contributed by atoms with Gasteiger partial charge in [0, 0.05) is 5.38 Å². The number of unbranched alkanes of at least 4 members (excludes halogenated alkanes) is 1. The number of carboxylic acid groups (broad SMARTS) is 2. The van der Waals surface area contributed by atoms with E-state index in [0.29, 0.717) is 24.9 Å². The Morgan fingerprint density at radius 1 is 1.28 bits per heavy atom. The van der Waals surface area contributed by atoms with Crippen LogP contribution < -0.4 is 26.8 Å². The Morgan fingerprint density at radius 3 is 2.69 bits per heavy atom. The molecule has 1 aliphatic rings. The number of amides is 2. The van der Waals surface area contributed by atoms with Gasteiger partial charge in [-0.1, -0.05) is 17.3 Å². The van der Waals surface area contributed by atoms with Crippen LogP contribution in [0.5, 0.6) is 5.75 Å². The number of thiazole rings is 1. The van der Waals surface area contributed by atoms with Gasteiger partial charge < -0.3 is 46.8 Å². The maximum atomic E-state index is 13.1. The van der Waals surface area contributed by atoms with Gasteiger partial charge in [0.1, 0.15) is 17.5 Å². The largest absolute Gasteiger partial charge is 0.547 e. The van der Waals surface area contributed by atoms with Crippen molar-refractivity contribution in [2.24, 2.45) is 10.9 Å². The number of nitrogen functional groups attached to an aromatic ring is 1. The lowest BCUT2D eigenvalue weighted by atomic mass is 9.72. The lowest BCUT2D eigenvalue weighted by Crippen LogP contribution is -2.54. The minimum absolute atomic E-state index is 0.00111. The van der Waals surface area contributed by atoms with E-state index in [1.807, 2.05) is 0 Å². The zero-order valence-corrected chi connectivity index (χ0v) is 21.3. The van der Waals surface area contributed by atoms with Crippen LogP contribution in [0.4, 0.5) is 5.13 Å². The van der Waals surface area contributed by atoms with Crippen molar-refractivity contribution >= 4 is 53.1 Å². The number of anilines is 1. The number of carbonyl (C=O) groups excluding carboxylic acids is 2. The Hall–Kier alpha value is -4.22. The van der Waals surface area contributed by atoms with Crippen molar-refractivity contribution in [3.8, 4) is 5.75 Å². The van der Waals surface area contributed by atoms with Crippen molar-refractivity contribution in [2.45, 2.75) is 37.7 Å². The quantitative estimate of drug-likeness (QED) is 0.0671. The molecule has 1 aromatic heterocycles. The monoisotopic (exact) mass is 562 g/mol. The fourth-order valence-corrected chi connectivity index (χ4v) is 4.24. The number of para-hydroxylation sites is 1. The van der Waals surface area contributed by atoms with E-state index in [0.717, 1.165) is 11.3 Å². The second kappa shape index (κ2) is 13.5. The van der Waals surface area contributed by atoms with E-state index < -0.39 is 49.5 Å². The van der Waals surface area contributed by atoms with E-state index in [1.165, 1.54) is 17.5 Å². The van der Waals surface area contributed by atoms with E-state index in [9.17, 15) is 34.4 Å². The predicted molar refractivity (Wildman–Crippen MR) is 139 cm³/mol. The van der Waals surface area contributed by atoms with Crippen LogP contribution in [0.15, 0.2) is 28.7 Å². The molecule has 1 aromatic carbocycles. The third kappa shape index (κ3) is 7.89. The molecular formula is C22H27BN6O9S. The maximum Gasteiger partial charge on any atom is 0.547 e. The number of rotatable bonds is 13. The van der Waals surface area contributed by atoms with Gasteiger partial charge in [0.15, 0.2) is 17.5 Å². The Labute approximate surface area is 226 Å². The molecule has 17 heteroatoms. The highest BCUT2D eigenvalue weighted by molar-refractivity contribution is 7.13. The van der Waals surface area contributed by atoms with Gasteiger partial charge in [-0.3, -0.25) is 9.59 Å². The highest BCUT2D eigenvalue weighted by Gasteiger charge is 2.38. The fraction of sp³-hybridized carbons (Fsp3) is 0.364. The molecule has 2 amide bonds. The van der Waals surface area contributed by atoms with Crippen LogP contribution in [0.2, 0.25) is 0 Å². The minimum atomic E-state index is -1.58. The first kappa shape index (κ1) is 29.3. The SMILES string of the molecule is NCCCC[C@@H](NC(=O)CO/N=C(\C(=O)NC1Cc2cccc(C(=O)O)c2OB1O)c1csc(N)n1)C(=O)O. The van der Waals surface area contributed by atoms with Gasteiger partial charge in [0.25, 0.3) is 11.8 Å². The van der Waals surface area contributed by atoms with Gasteiger partial charge in [-0.2, -0.15) is 0 Å². The molecule has 1 unspecified atom stereocenters. The molecule has 0 bridgehead atoms. The third-order valence-electron chi connectivity index (χ3n) is 5.58. The van der Waals surface area contributed by atoms with Crippen LogP contribution in [-0.4, -0.2) is 81.9 Å². The van der Waals surface area contributed by atoms with Crippen molar-refractivity contribution < 1.29 is 43.9 Å². The number of aromatic carboxylic acids is 1. The molecule has 2 heterocycles. The summed E-state index contributed by atoms with van der Waals surface area (Å²) in [7, 11) is -1.58. The topological polar surface area (TPSA) is 249 Å². The first-order valence-electron chi connectivity index (χ1n) is 11.7. The number of hydrogen-bond acceptors (Lipinski definition) is 12. The smallest absolute Gasteiger partial charge is 0.534 e. The molecule has 9 N–H and O–H groups in total. The highest BCUT2D eigenvalue weighted by Crippen LogP contribution is 2.30. The highest BCUT2D eigenvalue weighted by atomic mass is 32.1. The molecule has 1 aliphatic heterocycles. The normalized spacial score (nSPS) is 15.5. The molecule has 2 atom stereocenters. The standard InChI is InChI=1S/C22H27BN6O9S/c24-7-2-1-6-13(21(34)35)26-16(30)9-37-29-17(14-10-39-22(25)27-14)19(31)28-15-8-11-4-3-5-12(20(32)33)18(11)38-23(15)36/h3-5,10,13,15,36H,1-2,6-9,24H2,(H2,25,27)(H,26,30)(H,28,31)(H,32,33)(H,34,35)/b29-17-/t13-,15?/m1/s1. The fourth-order valence-electron chi connectivity index (χ4n) is 3.70. The summed E-state index contributed by atoms with van der Waals surface area (Å²) in [5.74, 6) is -5.07. The summed E-state index contributed by atoms with van der Waals surface area (Å²) in [5, 5.41) is 39.2. The number of oxime groups is 1. The molecule has 0 radical (unpaired) electrons. The molecule has 39 heavy (non-hydrogen) atoms. The summed E-state index contributed by atoms with van der Waals surface area (Å²) in [6.45, 7) is -0.304. The summed E-state index contributed by atoms with van der Waals surface area (Å²) >= 11 is 1.02. The zero-order chi connectivity index (χ0) is 28.5. The first-order chi connectivity index (χ1) is 18.6. The van der Waals surface area contributed by atoms with Crippen LogP contribution in [0.3, 0.4) is 0 Å². The van der Waals surface area contributed by atoms with E-state index >= 15 is 0 Å². The summed E-state index contributed by atoms with van der Waals surface area (Å²) in [6, 6.07) is 3.30. The van der Waals surface area contributed by atoms with E-state index in [-0.39, 0.29) is 40.7 Å². The number of nitrogens with two attached hydrogens (primary N) is 2. The molecule has 2 aromatic rings. The Bertz CT molecular complexity index is 1260. The van der Waals surface area contributed by atoms with Gasteiger partial charge in [-0.15, -0.1) is 11.3 Å². The Morgan fingerprint density at radius 2 is 2.05 bits per heavy atom. The van der Waals surface area contributed by atoms with Gasteiger partial charge >= 0.3 is 19.1 Å². The lowest BCUT2D eigenvalue weighted by molar-refractivity contribution is -0.142. The molecule has 15 nitrogen and oxygen atoms in total. The maximum absolute atomic E-state index is 13.1. The van der Waals surface area contributed by atoms with Crippen molar-refractivity contribution in [2.75, 3.05) is 18.9 Å². The number of aromatic nitrogens is 1. The second-order valence-corrected chi connectivity index (χ2v) is 9.31. The summed E-state index contributed by atoms with van der Waals surface area (Å²) in [4.78, 5) is 57.2. The molecule has 3 rings (SSSR count). The Balaban J connectivity index is 1.69. The Kier molecular flexibility index (Phi) is 10.2. The van der Waals surface area contributed by atoms with Gasteiger partial charge in [-0.05, 0) is 43.9 Å². The summed E-state index contributed by atoms with van der Waals surface area (Å²) in [5.41, 5.74) is 11.1. The number of nitrogens with one attached hydrogen (secondary N) is 2. The summed E-state index contributed by atoms with van der Waals surface area (Å²) in [6.07, 6.45) is 1.32. The number of nitrogens with zero attached hydrogens (tertiary/aromatic N) is 2. The molecule has 0 saturated carbocycles. The van der Waals surface area contributed by atoms with Crippen LogP contribution in [0.25, 0.3) is 0 Å². The average Bonchev–Trinajstić information content (AvgIpc) is 3.31. The van der Waals surface area contributed by atoms with Gasteiger partial charge in [0.2, 0.25) is 0 Å². The number of fused-ring (bicyclic) bond motifs is 1. The third-order valence-corrected chi connectivity index (χ3v) is 6.25. The van der Waals surface area contributed by atoms with E-state index in [2.05, 4.69) is 20.8 Å². The van der Waals surface area contributed by atoms with Crippen molar-refractivity contribution in [3.05, 3.63) is 40.4 Å². The number of carboxylic acids is 2. The average molecular weight is 562 g/mol. The number of carbonyl (C=O) groups is 4. The van der Waals surface area contributed by atoms with Gasteiger partial charge in [-0.25, -0.2) is 14.6 Å². The number of benzene rings is 1. The zero-order valence-electron chi connectivity index (χ0n) is 20.5. The minimum Gasteiger partial charge on any atom is -0.534 e. The number of aliphatic carboxylic acids is 1. The summed E-state index contributed by atoms with van der Waals surface area (Å²) < 4.78 is 5.38. The predicted octanol–water partition coefficient (Wildman–Crippen LogP) is -1.02. The van der Waals surface area contributed by atoms with Gasteiger partial charge in [0.05, 0.1) is 11.5 Å². The van der Waals surface area contributed by atoms with E-state index in [1.54, 1.807) is 6.07 Å². The molecule has 0 fully saturated rings. The molecule has 0 aliphatic carbocycles.